The van der Waals surface area contributed by atoms with E-state index in [4.69, 9.17) is 5.11 Å². The number of β-amino-alcohol motifs (C(OH)–C–C–N with tert-alkyl or cyclic N) is 1. The maximum absolute atomic E-state index is 12.4. The number of amides is 2. The topological polar surface area (TPSA) is 84.3 Å². The lowest BCUT2D eigenvalue weighted by Crippen LogP contribution is -2.56. The molecule has 0 aromatic heterocycles. The second-order valence-corrected chi connectivity index (χ2v) is 6.55. The molecule has 1 unspecified atom stereocenters. The first-order valence-corrected chi connectivity index (χ1v) is 7.51. The fourth-order valence-electron chi connectivity index (χ4n) is 3.08. The van der Waals surface area contributed by atoms with Crippen LogP contribution in [0.15, 0.2) is 0 Å². The van der Waals surface area contributed by atoms with E-state index in [2.05, 4.69) is 4.90 Å². The standard InChI is InChI=1S/C14H25N3O4/c1-14(2,21)10-15-6-8-16(9-7-15)13(20)17-5-3-4-11(17)12(18)19/h11,21H,3-10H2,1-2H3,(H,18,19). The Kier molecular flexibility index (Phi) is 4.73. The average Bonchev–Trinajstić information content (AvgIpc) is 2.86. The second kappa shape index (κ2) is 6.19. The Morgan fingerprint density at radius 2 is 1.76 bits per heavy atom. The highest BCUT2D eigenvalue weighted by molar-refractivity contribution is 5.83. The number of hydrogen-bond donors (Lipinski definition) is 2. The summed E-state index contributed by atoms with van der Waals surface area (Å²) in [6, 6.07) is -0.838. The lowest BCUT2D eigenvalue weighted by molar-refractivity contribution is -0.141. The summed E-state index contributed by atoms with van der Waals surface area (Å²) in [5, 5.41) is 19.0. The number of carboxylic acid groups (broad SMARTS) is 1. The number of aliphatic carboxylic acids is 1. The Balaban J connectivity index is 1.87. The van der Waals surface area contributed by atoms with Crippen molar-refractivity contribution in [1.82, 2.24) is 14.7 Å². The molecular formula is C14H25N3O4. The lowest BCUT2D eigenvalue weighted by atomic mass is 10.1. The molecule has 2 aliphatic rings. The third-order valence-electron chi connectivity index (χ3n) is 4.04. The molecule has 21 heavy (non-hydrogen) atoms. The van der Waals surface area contributed by atoms with Gasteiger partial charge < -0.3 is 20.0 Å². The van der Waals surface area contributed by atoms with Crippen LogP contribution in [0.25, 0.3) is 0 Å². The molecule has 2 aliphatic heterocycles. The van der Waals surface area contributed by atoms with Crippen molar-refractivity contribution in [3.05, 3.63) is 0 Å². The highest BCUT2D eigenvalue weighted by atomic mass is 16.4. The van der Waals surface area contributed by atoms with Gasteiger partial charge in [0.1, 0.15) is 6.04 Å². The zero-order chi connectivity index (χ0) is 15.6. The molecule has 0 bridgehead atoms. The number of aliphatic hydroxyl groups is 1. The quantitative estimate of drug-likeness (QED) is 0.769. The minimum atomic E-state index is -0.915. The van der Waals surface area contributed by atoms with E-state index in [0.717, 1.165) is 6.42 Å². The van der Waals surface area contributed by atoms with Crippen LogP contribution in [0, 0.1) is 0 Å². The molecule has 2 rings (SSSR count). The van der Waals surface area contributed by atoms with Gasteiger partial charge in [-0.05, 0) is 26.7 Å². The van der Waals surface area contributed by atoms with Crippen LogP contribution < -0.4 is 0 Å². The Bertz CT molecular complexity index is 400. The molecule has 0 saturated carbocycles. The summed E-state index contributed by atoms with van der Waals surface area (Å²) in [7, 11) is 0. The van der Waals surface area contributed by atoms with Gasteiger partial charge in [-0.1, -0.05) is 0 Å². The largest absolute Gasteiger partial charge is 0.480 e. The van der Waals surface area contributed by atoms with Gasteiger partial charge in [-0.15, -0.1) is 0 Å². The molecule has 0 aliphatic carbocycles. The number of carboxylic acids is 1. The van der Waals surface area contributed by atoms with Crippen molar-refractivity contribution in [2.24, 2.45) is 0 Å². The Hall–Kier alpha value is -1.34. The van der Waals surface area contributed by atoms with Gasteiger partial charge in [0.25, 0.3) is 0 Å². The Morgan fingerprint density at radius 3 is 2.29 bits per heavy atom. The number of carbonyl (C=O) groups excluding carboxylic acids is 1. The van der Waals surface area contributed by atoms with Crippen LogP contribution in [0.1, 0.15) is 26.7 Å². The minimum Gasteiger partial charge on any atom is -0.480 e. The average molecular weight is 299 g/mol. The van der Waals surface area contributed by atoms with Gasteiger partial charge >= 0.3 is 12.0 Å². The molecule has 2 N–H and O–H groups in total. The Morgan fingerprint density at radius 1 is 1.14 bits per heavy atom. The number of likely N-dealkylation sites (tertiary alicyclic amines) is 1. The van der Waals surface area contributed by atoms with E-state index in [1.54, 1.807) is 18.7 Å². The molecule has 2 heterocycles. The summed E-state index contributed by atoms with van der Waals surface area (Å²) in [5.41, 5.74) is -0.741. The summed E-state index contributed by atoms with van der Waals surface area (Å²) in [4.78, 5) is 28.9. The predicted octanol–water partition coefficient (Wildman–Crippen LogP) is 0.0439. The molecule has 0 aromatic rings. The number of urea groups is 1. The Labute approximate surface area is 125 Å². The van der Waals surface area contributed by atoms with E-state index in [9.17, 15) is 14.7 Å². The molecule has 2 amide bonds. The number of carbonyl (C=O) groups is 2. The molecule has 0 aromatic carbocycles. The molecule has 120 valence electrons. The highest BCUT2D eigenvalue weighted by Gasteiger charge is 2.37. The maximum Gasteiger partial charge on any atom is 0.326 e. The van der Waals surface area contributed by atoms with E-state index >= 15 is 0 Å². The SMILES string of the molecule is CC(C)(O)CN1CCN(C(=O)N2CCCC2C(=O)O)CC1. The fourth-order valence-corrected chi connectivity index (χ4v) is 3.08. The minimum absolute atomic E-state index is 0.164. The number of rotatable bonds is 3. The van der Waals surface area contributed by atoms with Crippen molar-refractivity contribution in [3.63, 3.8) is 0 Å². The van der Waals surface area contributed by atoms with Gasteiger partial charge in [0.2, 0.25) is 0 Å². The van der Waals surface area contributed by atoms with Crippen molar-refractivity contribution in [1.29, 1.82) is 0 Å². The molecule has 1 atom stereocenters. The first kappa shape index (κ1) is 16.0. The van der Waals surface area contributed by atoms with Crippen molar-refractivity contribution in [3.8, 4) is 0 Å². The second-order valence-electron chi connectivity index (χ2n) is 6.55. The number of piperazine rings is 1. The monoisotopic (exact) mass is 299 g/mol. The zero-order valence-corrected chi connectivity index (χ0v) is 12.8. The van der Waals surface area contributed by atoms with Gasteiger partial charge in [0.05, 0.1) is 5.60 Å². The summed E-state index contributed by atoms with van der Waals surface area (Å²) in [5.74, 6) is -0.915. The summed E-state index contributed by atoms with van der Waals surface area (Å²) in [6.45, 7) is 7.23. The summed E-state index contributed by atoms with van der Waals surface area (Å²) >= 11 is 0. The molecule has 7 heteroatoms. The van der Waals surface area contributed by atoms with E-state index in [-0.39, 0.29) is 6.03 Å². The van der Waals surface area contributed by atoms with E-state index in [1.807, 2.05) is 0 Å². The van der Waals surface area contributed by atoms with Crippen LogP contribution in [0.4, 0.5) is 4.79 Å². The maximum atomic E-state index is 12.4. The lowest BCUT2D eigenvalue weighted by Gasteiger charge is -2.39. The van der Waals surface area contributed by atoms with Crippen molar-refractivity contribution < 1.29 is 19.8 Å². The normalized spacial score (nSPS) is 24.4. The molecule has 0 radical (unpaired) electrons. The molecule has 2 fully saturated rings. The first-order valence-electron chi connectivity index (χ1n) is 7.51. The zero-order valence-electron chi connectivity index (χ0n) is 12.8. The molecule has 7 nitrogen and oxygen atoms in total. The smallest absolute Gasteiger partial charge is 0.326 e. The highest BCUT2D eigenvalue weighted by Crippen LogP contribution is 2.20. The number of hydrogen-bond acceptors (Lipinski definition) is 4. The van der Waals surface area contributed by atoms with Gasteiger partial charge in [0, 0.05) is 39.3 Å². The summed E-state index contributed by atoms with van der Waals surface area (Å²) < 4.78 is 0. The molecule has 0 spiro atoms. The van der Waals surface area contributed by atoms with Crippen molar-refractivity contribution in [2.75, 3.05) is 39.3 Å². The fraction of sp³-hybridized carbons (Fsp3) is 0.857. The van der Waals surface area contributed by atoms with Crippen molar-refractivity contribution >= 4 is 12.0 Å². The van der Waals surface area contributed by atoms with Crippen LogP contribution in [0.2, 0.25) is 0 Å². The van der Waals surface area contributed by atoms with Gasteiger partial charge in [-0.2, -0.15) is 0 Å². The van der Waals surface area contributed by atoms with E-state index in [1.165, 1.54) is 4.90 Å². The third kappa shape index (κ3) is 4.07. The van der Waals surface area contributed by atoms with E-state index in [0.29, 0.717) is 45.7 Å². The van der Waals surface area contributed by atoms with Crippen molar-refractivity contribution in [2.45, 2.75) is 38.3 Å². The van der Waals surface area contributed by atoms with Gasteiger partial charge in [-0.3, -0.25) is 4.90 Å². The number of nitrogens with zero attached hydrogens (tertiary/aromatic N) is 3. The van der Waals surface area contributed by atoms with Crippen LogP contribution in [-0.4, -0.2) is 87.8 Å². The van der Waals surface area contributed by atoms with Crippen LogP contribution in [0.5, 0.6) is 0 Å². The van der Waals surface area contributed by atoms with E-state index < -0.39 is 17.6 Å². The first-order chi connectivity index (χ1) is 9.78. The van der Waals surface area contributed by atoms with Crippen LogP contribution in [0.3, 0.4) is 0 Å². The summed E-state index contributed by atoms with van der Waals surface area (Å²) in [6.07, 6.45) is 1.29. The predicted molar refractivity (Wildman–Crippen MR) is 77.1 cm³/mol. The van der Waals surface area contributed by atoms with Gasteiger partial charge in [-0.25, -0.2) is 9.59 Å². The van der Waals surface area contributed by atoms with Crippen LogP contribution in [-0.2, 0) is 4.79 Å². The van der Waals surface area contributed by atoms with Gasteiger partial charge in [0.15, 0.2) is 0 Å². The molecular weight excluding hydrogens is 274 g/mol. The van der Waals surface area contributed by atoms with Crippen LogP contribution >= 0.6 is 0 Å². The molecule has 2 saturated heterocycles. The third-order valence-corrected chi connectivity index (χ3v) is 4.04.